The molecule has 170 valence electrons. The Labute approximate surface area is 178 Å². The standard InChI is InChI=1S/C18H22N2O3S.C2HF3O2/c1-14-7-8-17(23-14)11-19-9-16-10-20(12-18(16)19)24(21,22)13-15-5-3-2-4-6-15;3-2(4,5)1(6)7/h2-8,16,18H,9-13H2,1H3;(H,6,7). The molecule has 11 heteroatoms. The second-order valence-corrected chi connectivity index (χ2v) is 9.60. The van der Waals surface area contributed by atoms with Gasteiger partial charge in [-0.15, -0.1) is 0 Å². The van der Waals surface area contributed by atoms with Crippen molar-refractivity contribution in [2.24, 2.45) is 5.92 Å². The van der Waals surface area contributed by atoms with Crippen LogP contribution < -0.4 is 0 Å². The van der Waals surface area contributed by atoms with Crippen LogP contribution in [0.5, 0.6) is 0 Å². The summed E-state index contributed by atoms with van der Waals surface area (Å²) in [5.41, 5.74) is 0.847. The monoisotopic (exact) mass is 460 g/mol. The van der Waals surface area contributed by atoms with Gasteiger partial charge in [0.1, 0.15) is 11.5 Å². The number of nitrogens with zero attached hydrogens (tertiary/aromatic N) is 2. The van der Waals surface area contributed by atoms with Crippen molar-refractivity contribution in [2.45, 2.75) is 31.4 Å². The number of furan rings is 1. The molecule has 0 saturated carbocycles. The molecule has 1 aromatic carbocycles. The first-order valence-corrected chi connectivity index (χ1v) is 11.2. The molecular formula is C20H23F3N2O5S. The van der Waals surface area contributed by atoms with Gasteiger partial charge in [-0.05, 0) is 24.6 Å². The zero-order valence-corrected chi connectivity index (χ0v) is 17.6. The first-order chi connectivity index (χ1) is 14.5. The Balaban J connectivity index is 0.000000339. The highest BCUT2D eigenvalue weighted by Gasteiger charge is 2.48. The van der Waals surface area contributed by atoms with E-state index in [1.54, 1.807) is 4.31 Å². The summed E-state index contributed by atoms with van der Waals surface area (Å²) in [7, 11) is -3.25. The van der Waals surface area contributed by atoms with Gasteiger partial charge < -0.3 is 9.52 Å². The van der Waals surface area contributed by atoms with E-state index in [0.29, 0.717) is 25.0 Å². The van der Waals surface area contributed by atoms with Crippen molar-refractivity contribution in [3.8, 4) is 0 Å². The zero-order valence-electron chi connectivity index (χ0n) is 16.7. The van der Waals surface area contributed by atoms with E-state index in [0.717, 1.165) is 30.2 Å². The number of fused-ring (bicyclic) bond motifs is 1. The van der Waals surface area contributed by atoms with Crippen molar-refractivity contribution in [1.29, 1.82) is 0 Å². The normalized spacial score (nSPS) is 21.7. The van der Waals surface area contributed by atoms with Crippen LogP contribution in [0.2, 0.25) is 0 Å². The Morgan fingerprint density at radius 3 is 2.32 bits per heavy atom. The van der Waals surface area contributed by atoms with Crippen LogP contribution in [0.15, 0.2) is 46.9 Å². The highest BCUT2D eigenvalue weighted by atomic mass is 32.2. The first kappa shape index (κ1) is 23.3. The number of hydrogen-bond acceptors (Lipinski definition) is 5. The van der Waals surface area contributed by atoms with Crippen molar-refractivity contribution in [3.05, 3.63) is 59.5 Å². The highest BCUT2D eigenvalue weighted by Crippen LogP contribution is 2.35. The Hall–Kier alpha value is -2.37. The minimum Gasteiger partial charge on any atom is -0.475 e. The predicted octanol–water partition coefficient (Wildman–Crippen LogP) is 2.87. The smallest absolute Gasteiger partial charge is 0.475 e. The van der Waals surface area contributed by atoms with E-state index in [4.69, 9.17) is 14.3 Å². The van der Waals surface area contributed by atoms with Crippen LogP contribution in [-0.2, 0) is 27.1 Å². The lowest BCUT2D eigenvalue weighted by atomic mass is 9.92. The molecule has 4 rings (SSSR count). The number of aryl methyl sites for hydroxylation is 1. The molecular weight excluding hydrogens is 437 g/mol. The minimum absolute atomic E-state index is 0.0880. The Bertz CT molecular complexity index is 1010. The number of benzene rings is 1. The summed E-state index contributed by atoms with van der Waals surface area (Å²) in [4.78, 5) is 11.2. The lowest BCUT2D eigenvalue weighted by molar-refractivity contribution is -0.192. The van der Waals surface area contributed by atoms with Gasteiger partial charge in [-0.2, -0.15) is 17.5 Å². The summed E-state index contributed by atoms with van der Waals surface area (Å²) in [6.07, 6.45) is -5.08. The fourth-order valence-corrected chi connectivity index (χ4v) is 5.36. The largest absolute Gasteiger partial charge is 0.490 e. The molecule has 2 aliphatic rings. The average molecular weight is 460 g/mol. The number of alkyl halides is 3. The average Bonchev–Trinajstić information content (AvgIpc) is 3.23. The van der Waals surface area contributed by atoms with Crippen LogP contribution in [0.4, 0.5) is 13.2 Å². The summed E-state index contributed by atoms with van der Waals surface area (Å²) in [6.45, 7) is 4.90. The Morgan fingerprint density at radius 1 is 1.13 bits per heavy atom. The molecule has 31 heavy (non-hydrogen) atoms. The summed E-state index contributed by atoms with van der Waals surface area (Å²) in [5, 5.41) is 7.12. The number of aliphatic carboxylic acids is 1. The quantitative estimate of drug-likeness (QED) is 0.738. The highest BCUT2D eigenvalue weighted by molar-refractivity contribution is 7.88. The second kappa shape index (κ2) is 9.01. The van der Waals surface area contributed by atoms with Crippen molar-refractivity contribution in [3.63, 3.8) is 0 Å². The number of hydrogen-bond donors (Lipinski definition) is 1. The van der Waals surface area contributed by atoms with E-state index in [1.165, 1.54) is 0 Å². The molecule has 3 heterocycles. The van der Waals surface area contributed by atoms with E-state index in [2.05, 4.69) is 4.90 Å². The van der Waals surface area contributed by atoms with Gasteiger partial charge in [0.05, 0.1) is 12.3 Å². The van der Waals surface area contributed by atoms with Gasteiger partial charge in [-0.25, -0.2) is 13.2 Å². The molecule has 0 radical (unpaired) electrons. The summed E-state index contributed by atoms with van der Waals surface area (Å²) < 4.78 is 64.4. The first-order valence-electron chi connectivity index (χ1n) is 9.57. The maximum absolute atomic E-state index is 12.7. The van der Waals surface area contributed by atoms with Crippen LogP contribution >= 0.6 is 0 Å². The molecule has 2 fully saturated rings. The molecule has 0 bridgehead atoms. The number of carboxylic acid groups (broad SMARTS) is 1. The molecule has 2 atom stereocenters. The van der Waals surface area contributed by atoms with Crippen molar-refractivity contribution < 1.29 is 35.9 Å². The number of likely N-dealkylation sites (tertiary alicyclic amines) is 1. The SMILES string of the molecule is Cc1ccc(CN2CC3CN(S(=O)(=O)Cc4ccccc4)CC32)o1.O=C(O)C(F)(F)F. The van der Waals surface area contributed by atoms with Gasteiger partial charge in [0.2, 0.25) is 10.0 Å². The summed E-state index contributed by atoms with van der Waals surface area (Å²) in [5.74, 6) is -0.346. The molecule has 1 N–H and O–H groups in total. The second-order valence-electron chi connectivity index (χ2n) is 7.63. The predicted molar refractivity (Wildman–Crippen MR) is 105 cm³/mol. The third-order valence-corrected chi connectivity index (χ3v) is 7.08. The van der Waals surface area contributed by atoms with Crippen LogP contribution in [-0.4, -0.2) is 60.6 Å². The maximum atomic E-state index is 12.7. The maximum Gasteiger partial charge on any atom is 0.490 e. The summed E-state index contributed by atoms with van der Waals surface area (Å²) >= 11 is 0. The van der Waals surface area contributed by atoms with E-state index in [-0.39, 0.29) is 5.75 Å². The number of rotatable bonds is 5. The molecule has 2 aromatic rings. The van der Waals surface area contributed by atoms with Crippen LogP contribution in [0.3, 0.4) is 0 Å². The third-order valence-electron chi connectivity index (χ3n) is 5.29. The minimum atomic E-state index is -5.08. The van der Waals surface area contributed by atoms with Gasteiger partial charge in [-0.1, -0.05) is 30.3 Å². The number of carbonyl (C=O) groups is 1. The topological polar surface area (TPSA) is 91.1 Å². The van der Waals surface area contributed by atoms with Crippen LogP contribution in [0.25, 0.3) is 0 Å². The lowest BCUT2D eigenvalue weighted by Gasteiger charge is -2.43. The van der Waals surface area contributed by atoms with Crippen molar-refractivity contribution >= 4 is 16.0 Å². The van der Waals surface area contributed by atoms with Gasteiger partial charge in [-0.3, -0.25) is 4.90 Å². The fraction of sp³-hybridized carbons (Fsp3) is 0.450. The van der Waals surface area contributed by atoms with E-state index in [1.807, 2.05) is 49.4 Å². The van der Waals surface area contributed by atoms with Gasteiger partial charge in [0, 0.05) is 31.6 Å². The fourth-order valence-electron chi connectivity index (χ4n) is 3.76. The van der Waals surface area contributed by atoms with Gasteiger partial charge in [0.15, 0.2) is 0 Å². The Kier molecular flexibility index (Phi) is 6.77. The molecule has 0 aliphatic carbocycles. The van der Waals surface area contributed by atoms with E-state index in [9.17, 15) is 21.6 Å². The van der Waals surface area contributed by atoms with Crippen molar-refractivity contribution in [1.82, 2.24) is 9.21 Å². The molecule has 2 saturated heterocycles. The number of sulfonamides is 1. The van der Waals surface area contributed by atoms with Crippen LogP contribution in [0.1, 0.15) is 17.1 Å². The zero-order chi connectivity index (χ0) is 22.8. The van der Waals surface area contributed by atoms with E-state index >= 15 is 0 Å². The van der Waals surface area contributed by atoms with E-state index < -0.39 is 22.2 Å². The van der Waals surface area contributed by atoms with Gasteiger partial charge in [0.25, 0.3) is 0 Å². The number of halogens is 3. The van der Waals surface area contributed by atoms with Crippen molar-refractivity contribution in [2.75, 3.05) is 19.6 Å². The van der Waals surface area contributed by atoms with Crippen LogP contribution in [0, 0.1) is 12.8 Å². The van der Waals surface area contributed by atoms with Gasteiger partial charge >= 0.3 is 12.1 Å². The Morgan fingerprint density at radius 2 is 1.77 bits per heavy atom. The lowest BCUT2D eigenvalue weighted by Crippen LogP contribution is -2.54. The molecule has 0 amide bonds. The molecule has 7 nitrogen and oxygen atoms in total. The molecule has 2 unspecified atom stereocenters. The third kappa shape index (κ3) is 5.86. The molecule has 2 aliphatic heterocycles. The number of carboxylic acids is 1. The molecule has 0 spiro atoms. The summed E-state index contributed by atoms with van der Waals surface area (Å²) in [6, 6.07) is 13.7. The molecule has 1 aromatic heterocycles.